The van der Waals surface area contributed by atoms with Crippen LogP contribution >= 0.6 is 21.6 Å². The highest BCUT2D eigenvalue weighted by Gasteiger charge is 2.24. The third-order valence-corrected chi connectivity index (χ3v) is 6.17. The molecule has 0 radical (unpaired) electrons. The van der Waals surface area contributed by atoms with Crippen LogP contribution in [-0.2, 0) is 24.0 Å². The van der Waals surface area contributed by atoms with Gasteiger partial charge >= 0.3 is 23.9 Å². The van der Waals surface area contributed by atoms with E-state index in [0.717, 1.165) is 21.6 Å². The van der Waals surface area contributed by atoms with Crippen LogP contribution in [0.5, 0.6) is 0 Å². The number of carboxylic acid groups (broad SMARTS) is 4. The van der Waals surface area contributed by atoms with Gasteiger partial charge < -0.3 is 36.6 Å². The Bertz CT molecular complexity index is 637. The quantitative estimate of drug-likeness (QED) is 0.0643. The molecule has 0 aliphatic rings. The molecule has 0 aliphatic heterocycles. The van der Waals surface area contributed by atoms with Crippen molar-refractivity contribution >= 4 is 51.4 Å². The van der Waals surface area contributed by atoms with E-state index < -0.39 is 54.1 Å². The summed E-state index contributed by atoms with van der Waals surface area (Å²) >= 11 is 0. The zero-order chi connectivity index (χ0) is 24.0. The number of hydrogen-bond acceptors (Lipinski definition) is 10. The molecule has 1 amide bonds. The second-order valence-electron chi connectivity index (χ2n) is 6.37. The number of rotatable bonds is 18. The molecule has 0 aromatic heterocycles. The van der Waals surface area contributed by atoms with Crippen molar-refractivity contribution in [2.75, 3.05) is 11.5 Å². The highest BCUT2D eigenvalue weighted by atomic mass is 33.1. The van der Waals surface area contributed by atoms with Crippen molar-refractivity contribution in [3.63, 3.8) is 0 Å². The molecule has 0 heterocycles. The first-order valence-electron chi connectivity index (χ1n) is 9.07. The maximum atomic E-state index is 11.8. The lowest BCUT2D eigenvalue weighted by atomic mass is 10.1. The van der Waals surface area contributed by atoms with E-state index in [9.17, 15) is 39.3 Å². The number of amides is 1. The summed E-state index contributed by atoms with van der Waals surface area (Å²) in [5.74, 6) is -5.67. The SMILES string of the molecule is N[C@@H](CCC(=O)N[C@@H](CSSC[C@H](NC(O)CCCC(=O)O)C(=O)O)C(=O)O)C(=O)O. The van der Waals surface area contributed by atoms with Gasteiger partial charge in [0.15, 0.2) is 0 Å². The first kappa shape index (κ1) is 28.9. The summed E-state index contributed by atoms with van der Waals surface area (Å²) in [5.41, 5.74) is 5.28. The molecule has 0 fully saturated rings. The molecule has 0 bridgehead atoms. The Morgan fingerprint density at radius 2 is 1.35 bits per heavy atom. The monoisotopic (exact) mass is 485 g/mol. The molecule has 0 aliphatic carbocycles. The summed E-state index contributed by atoms with van der Waals surface area (Å²) in [6, 6.07) is -3.67. The third-order valence-electron chi connectivity index (χ3n) is 3.75. The van der Waals surface area contributed by atoms with Gasteiger partial charge in [0, 0.05) is 24.3 Å². The van der Waals surface area contributed by atoms with Gasteiger partial charge in [-0.05, 0) is 19.3 Å². The standard InChI is InChI=1S/C16H27N3O10S2/c17-8(14(24)25)4-5-12(21)19-10(16(28)29)7-31-30-6-9(15(26)27)18-11(20)2-1-3-13(22)23/h8-11,18,20H,1-7,17H2,(H,19,21)(H,22,23)(H,24,25)(H,26,27)(H,28,29)/t8-,9-,10-,11?/m0/s1. The van der Waals surface area contributed by atoms with Gasteiger partial charge in [-0.25, -0.2) is 4.79 Å². The van der Waals surface area contributed by atoms with E-state index in [-0.39, 0.29) is 43.6 Å². The second-order valence-corrected chi connectivity index (χ2v) is 8.92. The number of carbonyl (C=O) groups excluding carboxylic acids is 1. The van der Waals surface area contributed by atoms with E-state index in [1.54, 1.807) is 0 Å². The predicted molar refractivity (Wildman–Crippen MR) is 111 cm³/mol. The van der Waals surface area contributed by atoms with Crippen molar-refractivity contribution in [3.8, 4) is 0 Å². The first-order chi connectivity index (χ1) is 14.4. The van der Waals surface area contributed by atoms with Crippen molar-refractivity contribution in [3.05, 3.63) is 0 Å². The molecule has 31 heavy (non-hydrogen) atoms. The Balaban J connectivity index is 4.39. The lowest BCUT2D eigenvalue weighted by Gasteiger charge is -2.19. The van der Waals surface area contributed by atoms with Crippen LogP contribution in [0.3, 0.4) is 0 Å². The van der Waals surface area contributed by atoms with Gasteiger partial charge in [0.25, 0.3) is 0 Å². The fraction of sp³-hybridized carbons (Fsp3) is 0.688. The van der Waals surface area contributed by atoms with E-state index >= 15 is 0 Å². The van der Waals surface area contributed by atoms with Gasteiger partial charge in [-0.1, -0.05) is 21.6 Å². The summed E-state index contributed by atoms with van der Waals surface area (Å²) in [6.45, 7) is 0. The third kappa shape index (κ3) is 14.5. The summed E-state index contributed by atoms with van der Waals surface area (Å²) in [6.07, 6.45) is -1.59. The molecule has 9 N–H and O–H groups in total. The number of aliphatic hydroxyl groups excluding tert-OH is 1. The van der Waals surface area contributed by atoms with Crippen LogP contribution in [-0.4, -0.2) is 91.2 Å². The number of carboxylic acids is 4. The number of nitrogens with one attached hydrogen (secondary N) is 2. The second kappa shape index (κ2) is 15.7. The Labute approximate surface area is 185 Å². The van der Waals surface area contributed by atoms with Crippen LogP contribution in [0.15, 0.2) is 0 Å². The van der Waals surface area contributed by atoms with Crippen LogP contribution in [0.1, 0.15) is 32.1 Å². The van der Waals surface area contributed by atoms with Gasteiger partial charge in [0.1, 0.15) is 24.4 Å². The fourth-order valence-electron chi connectivity index (χ4n) is 2.04. The van der Waals surface area contributed by atoms with E-state index in [1.807, 2.05) is 0 Å². The molecule has 15 heteroatoms. The fourth-order valence-corrected chi connectivity index (χ4v) is 4.36. The van der Waals surface area contributed by atoms with Crippen LogP contribution in [0.25, 0.3) is 0 Å². The predicted octanol–water partition coefficient (Wildman–Crippen LogP) is -1.25. The molecule has 0 aromatic rings. The minimum absolute atomic E-state index is 0.0380. The topological polar surface area (TPSA) is 237 Å². The van der Waals surface area contributed by atoms with Gasteiger partial charge in [-0.15, -0.1) is 0 Å². The molecular weight excluding hydrogens is 458 g/mol. The zero-order valence-corrected chi connectivity index (χ0v) is 18.1. The Kier molecular flexibility index (Phi) is 14.6. The normalized spacial score (nSPS) is 14.8. The van der Waals surface area contributed by atoms with Gasteiger partial charge in [-0.2, -0.15) is 0 Å². The molecule has 1 unspecified atom stereocenters. The van der Waals surface area contributed by atoms with Crippen LogP contribution in [0, 0.1) is 0 Å². The highest BCUT2D eigenvalue weighted by Crippen LogP contribution is 2.23. The number of nitrogens with two attached hydrogens (primary N) is 1. The van der Waals surface area contributed by atoms with Crippen LogP contribution < -0.4 is 16.4 Å². The minimum atomic E-state index is -1.31. The lowest BCUT2D eigenvalue weighted by Crippen LogP contribution is -2.45. The van der Waals surface area contributed by atoms with Crippen LogP contribution in [0.4, 0.5) is 0 Å². The smallest absolute Gasteiger partial charge is 0.327 e. The molecule has 0 spiro atoms. The Morgan fingerprint density at radius 3 is 1.84 bits per heavy atom. The first-order valence-corrected chi connectivity index (χ1v) is 11.6. The van der Waals surface area contributed by atoms with E-state index in [2.05, 4.69) is 10.6 Å². The van der Waals surface area contributed by atoms with E-state index in [0.29, 0.717) is 0 Å². The molecule has 0 rings (SSSR count). The largest absolute Gasteiger partial charge is 0.481 e. The number of aliphatic hydroxyl groups is 1. The Hall–Kier alpha value is -2.07. The summed E-state index contributed by atoms with van der Waals surface area (Å²) in [4.78, 5) is 55.4. The van der Waals surface area contributed by atoms with Crippen molar-refractivity contribution in [2.45, 2.75) is 56.5 Å². The molecule has 4 atom stereocenters. The molecule has 0 saturated heterocycles. The van der Waals surface area contributed by atoms with E-state index in [1.165, 1.54) is 0 Å². The summed E-state index contributed by atoms with van der Waals surface area (Å²) in [7, 11) is 2.01. The molecule has 0 aromatic carbocycles. The molecule has 13 nitrogen and oxygen atoms in total. The van der Waals surface area contributed by atoms with E-state index in [4.69, 9.17) is 15.9 Å². The van der Waals surface area contributed by atoms with Gasteiger partial charge in [0.05, 0.1) is 0 Å². The number of aliphatic carboxylic acids is 4. The average Bonchev–Trinajstić information content (AvgIpc) is 2.66. The average molecular weight is 486 g/mol. The van der Waals surface area contributed by atoms with Crippen LogP contribution in [0.2, 0.25) is 0 Å². The Morgan fingerprint density at radius 1 is 0.806 bits per heavy atom. The van der Waals surface area contributed by atoms with Crippen molar-refractivity contribution in [1.29, 1.82) is 0 Å². The highest BCUT2D eigenvalue weighted by molar-refractivity contribution is 8.76. The maximum absolute atomic E-state index is 11.8. The van der Waals surface area contributed by atoms with Gasteiger partial charge in [-0.3, -0.25) is 24.5 Å². The summed E-state index contributed by atoms with van der Waals surface area (Å²) < 4.78 is 0. The molecule has 0 saturated carbocycles. The van der Waals surface area contributed by atoms with Crippen molar-refractivity contribution in [2.24, 2.45) is 5.73 Å². The zero-order valence-electron chi connectivity index (χ0n) is 16.4. The minimum Gasteiger partial charge on any atom is -0.481 e. The lowest BCUT2D eigenvalue weighted by molar-refractivity contribution is -0.141. The van der Waals surface area contributed by atoms with Crippen molar-refractivity contribution in [1.82, 2.24) is 10.6 Å². The maximum Gasteiger partial charge on any atom is 0.327 e. The van der Waals surface area contributed by atoms with Crippen molar-refractivity contribution < 1.29 is 49.5 Å². The number of hydrogen-bond donors (Lipinski definition) is 8. The molecule has 178 valence electrons. The number of carbonyl (C=O) groups is 5. The van der Waals surface area contributed by atoms with Gasteiger partial charge in [0.2, 0.25) is 5.91 Å². The molecular formula is C16H27N3O10S2. The summed E-state index contributed by atoms with van der Waals surface area (Å²) in [5, 5.41) is 50.1.